The fraction of sp³-hybridized carbons (Fsp3) is 0.806. The molecule has 3 unspecified atom stereocenters. The average Bonchev–Trinajstić information content (AvgIpc) is 3.02. The predicted molar refractivity (Wildman–Crippen MR) is 189 cm³/mol. The first-order chi connectivity index (χ1) is 21.9. The molecule has 0 aliphatic heterocycles. The van der Waals surface area contributed by atoms with Gasteiger partial charge in [-0.25, -0.2) is 4.57 Å². The van der Waals surface area contributed by atoms with Crippen molar-refractivity contribution >= 4 is 13.7 Å². The lowest BCUT2D eigenvalue weighted by molar-refractivity contribution is -0.123. The van der Waals surface area contributed by atoms with E-state index in [9.17, 15) is 19.4 Å². The zero-order valence-electron chi connectivity index (χ0n) is 28.8. The first-order valence-electron chi connectivity index (χ1n) is 18.1. The number of amides is 1. The highest BCUT2D eigenvalue weighted by Gasteiger charge is 2.27. The molecule has 0 aromatic heterocycles. The van der Waals surface area contributed by atoms with Crippen LogP contribution in [0.2, 0.25) is 0 Å². The zero-order chi connectivity index (χ0) is 33.3. The van der Waals surface area contributed by atoms with Gasteiger partial charge in [0.2, 0.25) is 5.91 Å². The summed E-state index contributed by atoms with van der Waals surface area (Å²) in [6, 6.07) is -0.787. The number of nitrogens with one attached hydrogen (secondary N) is 1. The molecular formula is C36H69N2O6P. The second-order valence-electron chi connectivity index (χ2n) is 12.1. The SMILES string of the molecule is CC/C=C\C/C=C\C/C=C\CCCCCC(=O)NC(COP(=O)(O)OCCN)C(O)CCCCCCCCCCCCCCC. The molecule has 0 aromatic carbocycles. The van der Waals surface area contributed by atoms with Crippen molar-refractivity contribution in [2.24, 2.45) is 5.73 Å². The lowest BCUT2D eigenvalue weighted by atomic mass is 10.0. The van der Waals surface area contributed by atoms with Crippen LogP contribution in [0, 0.1) is 0 Å². The second kappa shape index (κ2) is 32.7. The largest absolute Gasteiger partial charge is 0.472 e. The summed E-state index contributed by atoms with van der Waals surface area (Å²) in [5.41, 5.74) is 5.35. The molecule has 0 aromatic rings. The van der Waals surface area contributed by atoms with E-state index < -0.39 is 20.0 Å². The minimum absolute atomic E-state index is 0.0829. The smallest absolute Gasteiger partial charge is 0.391 e. The number of phosphoric acid groups is 1. The summed E-state index contributed by atoms with van der Waals surface area (Å²) in [5.74, 6) is -0.193. The van der Waals surface area contributed by atoms with Gasteiger partial charge < -0.3 is 21.1 Å². The van der Waals surface area contributed by atoms with Crippen molar-refractivity contribution in [2.75, 3.05) is 19.8 Å². The molecule has 8 nitrogen and oxygen atoms in total. The maximum Gasteiger partial charge on any atom is 0.472 e. The summed E-state index contributed by atoms with van der Waals surface area (Å²) in [5, 5.41) is 13.7. The first-order valence-corrected chi connectivity index (χ1v) is 19.6. The lowest BCUT2D eigenvalue weighted by Crippen LogP contribution is -2.46. The number of hydrogen-bond donors (Lipinski definition) is 4. The maximum atomic E-state index is 12.7. The fourth-order valence-electron chi connectivity index (χ4n) is 5.03. The van der Waals surface area contributed by atoms with Gasteiger partial charge in [-0.05, 0) is 44.9 Å². The Balaban J connectivity index is 4.34. The van der Waals surface area contributed by atoms with Crippen molar-refractivity contribution in [1.82, 2.24) is 5.32 Å². The van der Waals surface area contributed by atoms with E-state index in [0.717, 1.165) is 64.2 Å². The topological polar surface area (TPSA) is 131 Å². The van der Waals surface area contributed by atoms with E-state index in [1.807, 2.05) is 0 Å². The molecule has 9 heteroatoms. The van der Waals surface area contributed by atoms with Crippen molar-refractivity contribution in [3.63, 3.8) is 0 Å². The third-order valence-electron chi connectivity index (χ3n) is 7.76. The Labute approximate surface area is 276 Å². The van der Waals surface area contributed by atoms with Crippen molar-refractivity contribution in [3.8, 4) is 0 Å². The number of carbonyl (C=O) groups excluding carboxylic acids is 1. The molecule has 264 valence electrons. The van der Waals surface area contributed by atoms with E-state index in [0.29, 0.717) is 12.8 Å². The molecule has 0 heterocycles. The summed E-state index contributed by atoms with van der Waals surface area (Å²) in [6.07, 6.45) is 35.8. The van der Waals surface area contributed by atoms with Crippen molar-refractivity contribution < 1.29 is 28.4 Å². The fourth-order valence-corrected chi connectivity index (χ4v) is 5.79. The average molecular weight is 657 g/mol. The van der Waals surface area contributed by atoms with Crippen LogP contribution in [0.5, 0.6) is 0 Å². The minimum atomic E-state index is -4.31. The molecule has 0 aliphatic rings. The monoisotopic (exact) mass is 656 g/mol. The summed E-state index contributed by atoms with van der Waals surface area (Å²) in [4.78, 5) is 22.6. The Bertz CT molecular complexity index is 804. The van der Waals surface area contributed by atoms with Gasteiger partial charge in [0.05, 0.1) is 25.4 Å². The molecule has 0 fully saturated rings. The Kier molecular flexibility index (Phi) is 31.7. The Morgan fingerprint density at radius 3 is 1.87 bits per heavy atom. The number of unbranched alkanes of at least 4 members (excludes halogenated alkanes) is 15. The summed E-state index contributed by atoms with van der Waals surface area (Å²) < 4.78 is 22.0. The van der Waals surface area contributed by atoms with Gasteiger partial charge in [0.15, 0.2) is 0 Å². The zero-order valence-corrected chi connectivity index (χ0v) is 29.7. The van der Waals surface area contributed by atoms with E-state index in [4.69, 9.17) is 14.8 Å². The molecule has 3 atom stereocenters. The highest BCUT2D eigenvalue weighted by Crippen LogP contribution is 2.43. The van der Waals surface area contributed by atoms with Crippen LogP contribution in [0.15, 0.2) is 36.5 Å². The number of aliphatic hydroxyl groups is 1. The Morgan fingerprint density at radius 1 is 0.756 bits per heavy atom. The molecule has 0 bridgehead atoms. The van der Waals surface area contributed by atoms with Crippen LogP contribution < -0.4 is 11.1 Å². The van der Waals surface area contributed by atoms with Crippen molar-refractivity contribution in [2.45, 2.75) is 167 Å². The van der Waals surface area contributed by atoms with Gasteiger partial charge in [0.1, 0.15) is 0 Å². The van der Waals surface area contributed by atoms with Gasteiger partial charge in [-0.2, -0.15) is 0 Å². The molecular weight excluding hydrogens is 587 g/mol. The van der Waals surface area contributed by atoms with Gasteiger partial charge in [0.25, 0.3) is 0 Å². The molecule has 1 amide bonds. The highest BCUT2D eigenvalue weighted by molar-refractivity contribution is 7.47. The normalized spacial score (nSPS) is 14.9. The van der Waals surface area contributed by atoms with Crippen molar-refractivity contribution in [3.05, 3.63) is 36.5 Å². The lowest BCUT2D eigenvalue weighted by Gasteiger charge is -2.25. The number of nitrogens with two attached hydrogens (primary N) is 1. The molecule has 0 rings (SSSR count). The Morgan fingerprint density at radius 2 is 1.29 bits per heavy atom. The van der Waals surface area contributed by atoms with Gasteiger partial charge in [-0.1, -0.05) is 140 Å². The van der Waals surface area contributed by atoms with Crippen LogP contribution in [0.3, 0.4) is 0 Å². The van der Waals surface area contributed by atoms with Crippen LogP contribution in [-0.4, -0.2) is 47.8 Å². The van der Waals surface area contributed by atoms with Gasteiger partial charge in [0, 0.05) is 13.0 Å². The molecule has 45 heavy (non-hydrogen) atoms. The molecule has 0 saturated heterocycles. The number of carbonyl (C=O) groups is 1. The maximum absolute atomic E-state index is 12.7. The number of aliphatic hydroxyl groups excluding tert-OH is 1. The highest BCUT2D eigenvalue weighted by atomic mass is 31.2. The van der Waals surface area contributed by atoms with Crippen LogP contribution in [0.1, 0.15) is 155 Å². The van der Waals surface area contributed by atoms with E-state index in [1.54, 1.807) is 0 Å². The molecule has 5 N–H and O–H groups in total. The van der Waals surface area contributed by atoms with Gasteiger partial charge in [-0.3, -0.25) is 13.8 Å². The minimum Gasteiger partial charge on any atom is -0.391 e. The number of allylic oxidation sites excluding steroid dienone is 6. The number of rotatable bonds is 33. The molecule has 0 aliphatic carbocycles. The van der Waals surface area contributed by atoms with Gasteiger partial charge >= 0.3 is 7.82 Å². The summed E-state index contributed by atoms with van der Waals surface area (Å²) in [7, 11) is -4.31. The van der Waals surface area contributed by atoms with Crippen LogP contribution >= 0.6 is 7.82 Å². The predicted octanol–water partition coefficient (Wildman–Crippen LogP) is 9.22. The third kappa shape index (κ3) is 31.1. The molecule has 0 spiro atoms. The van der Waals surface area contributed by atoms with Crippen LogP contribution in [0.25, 0.3) is 0 Å². The number of phosphoric ester groups is 1. The van der Waals surface area contributed by atoms with Crippen LogP contribution in [-0.2, 0) is 18.4 Å². The molecule has 0 radical (unpaired) electrons. The third-order valence-corrected chi connectivity index (χ3v) is 8.74. The van der Waals surface area contributed by atoms with Crippen LogP contribution in [0.4, 0.5) is 0 Å². The van der Waals surface area contributed by atoms with Crippen molar-refractivity contribution in [1.29, 1.82) is 0 Å². The van der Waals surface area contributed by atoms with E-state index in [-0.39, 0.29) is 25.7 Å². The standard InChI is InChI=1S/C36H69N2O6P/c1-3-5-7-9-11-13-15-17-19-21-23-25-27-29-35(39)34(33-44-45(41,42)43-32-31-37)38-36(40)30-28-26-24-22-20-18-16-14-12-10-8-6-4-2/h6,8,12,14,18,20,34-35,39H,3-5,7,9-11,13,15-17,19,21-33,37H2,1-2H3,(H,38,40)(H,41,42)/b8-6-,14-12-,20-18-. The summed E-state index contributed by atoms with van der Waals surface area (Å²) >= 11 is 0. The number of hydrogen-bond acceptors (Lipinski definition) is 6. The molecule has 0 saturated carbocycles. The van der Waals surface area contributed by atoms with E-state index in [2.05, 4.69) is 55.6 Å². The quantitative estimate of drug-likeness (QED) is 0.0315. The Hall–Kier alpha value is -1.28. The van der Waals surface area contributed by atoms with Gasteiger partial charge in [-0.15, -0.1) is 0 Å². The first kappa shape index (κ1) is 43.7. The second-order valence-corrected chi connectivity index (χ2v) is 13.5. The van der Waals surface area contributed by atoms with E-state index in [1.165, 1.54) is 64.2 Å². The van der Waals surface area contributed by atoms with E-state index >= 15 is 0 Å². The summed E-state index contributed by atoms with van der Waals surface area (Å²) in [6.45, 7) is 4.04.